The highest BCUT2D eigenvalue weighted by atomic mass is 16.5. The van der Waals surface area contributed by atoms with Gasteiger partial charge in [-0.15, -0.1) is 0 Å². The first-order chi connectivity index (χ1) is 25.1. The highest BCUT2D eigenvalue weighted by Gasteiger charge is 2.31. The maximum atomic E-state index is 13.4. The maximum Gasteiger partial charge on any atom is 0.255 e. The third-order valence-electron chi connectivity index (χ3n) is 9.89. The van der Waals surface area contributed by atoms with Crippen molar-refractivity contribution < 1.29 is 23.9 Å². The van der Waals surface area contributed by atoms with Crippen LogP contribution in [0.15, 0.2) is 79.0 Å². The number of ether oxygens (including phenoxy) is 1. The van der Waals surface area contributed by atoms with Gasteiger partial charge < -0.3 is 25.1 Å². The summed E-state index contributed by atoms with van der Waals surface area (Å²) in [6.07, 6.45) is 6.14. The molecule has 1 aromatic heterocycles. The molecule has 1 heterocycles. The highest BCUT2D eigenvalue weighted by Crippen LogP contribution is 2.36. The van der Waals surface area contributed by atoms with Crippen molar-refractivity contribution in [1.82, 2.24) is 20.2 Å². The molecule has 0 aliphatic heterocycles. The Morgan fingerprint density at radius 1 is 1.04 bits per heavy atom. The molecular formula is C41H44N6O5. The van der Waals surface area contributed by atoms with Gasteiger partial charge in [0.15, 0.2) is 6.29 Å². The fourth-order valence-electron chi connectivity index (χ4n) is 6.63. The van der Waals surface area contributed by atoms with Crippen LogP contribution in [0.1, 0.15) is 88.5 Å². The predicted molar refractivity (Wildman–Crippen MR) is 197 cm³/mol. The normalized spacial score (nSPS) is 15.7. The second-order valence-electron chi connectivity index (χ2n) is 13.7. The van der Waals surface area contributed by atoms with Crippen molar-refractivity contribution in [1.29, 1.82) is 5.26 Å². The summed E-state index contributed by atoms with van der Waals surface area (Å²) in [4.78, 5) is 58.0. The lowest BCUT2D eigenvalue weighted by Crippen LogP contribution is -2.47. The smallest absolute Gasteiger partial charge is 0.255 e. The zero-order valence-electron chi connectivity index (χ0n) is 30.0. The van der Waals surface area contributed by atoms with Crippen LogP contribution in [0.4, 0.5) is 5.69 Å². The third-order valence-corrected chi connectivity index (χ3v) is 9.89. The average molecular weight is 701 g/mol. The second-order valence-corrected chi connectivity index (χ2v) is 13.7. The van der Waals surface area contributed by atoms with Gasteiger partial charge in [-0.3, -0.25) is 14.4 Å². The second kappa shape index (κ2) is 16.9. The maximum absolute atomic E-state index is 13.4. The molecule has 1 unspecified atom stereocenters. The van der Waals surface area contributed by atoms with Crippen molar-refractivity contribution in [2.45, 2.75) is 70.1 Å². The molecule has 52 heavy (non-hydrogen) atoms. The summed E-state index contributed by atoms with van der Waals surface area (Å²) in [6, 6.07) is 25.0. The Morgan fingerprint density at radius 3 is 2.37 bits per heavy atom. The zero-order chi connectivity index (χ0) is 37.3. The van der Waals surface area contributed by atoms with Gasteiger partial charge in [-0.25, -0.2) is 9.97 Å². The number of carbonyl (C=O) groups is 4. The van der Waals surface area contributed by atoms with E-state index >= 15 is 0 Å². The lowest BCUT2D eigenvalue weighted by atomic mass is 9.75. The summed E-state index contributed by atoms with van der Waals surface area (Å²) in [6.45, 7) is 4.66. The SMILES string of the molecule is CNC(=O)C(CCC=O)N(C)C(=O)c1cc(NC2CC(Cc3ccc(C(C)(C)c4ccc(OCc5ccnc(C#N)n5)cc4)cc3)C2)ccc1C=O. The number of anilines is 1. The van der Waals surface area contributed by atoms with Crippen LogP contribution in [0.3, 0.4) is 0 Å². The Morgan fingerprint density at radius 2 is 1.73 bits per heavy atom. The Kier molecular flexibility index (Phi) is 12.1. The summed E-state index contributed by atoms with van der Waals surface area (Å²) in [5, 5.41) is 15.1. The minimum atomic E-state index is -0.832. The fraction of sp³-hybridized carbons (Fsp3) is 0.341. The van der Waals surface area contributed by atoms with Crippen LogP contribution >= 0.6 is 0 Å². The predicted octanol–water partition coefficient (Wildman–Crippen LogP) is 5.66. The Balaban J connectivity index is 1.14. The number of aromatic nitrogens is 2. The van der Waals surface area contributed by atoms with E-state index in [1.807, 2.05) is 18.2 Å². The van der Waals surface area contributed by atoms with Gasteiger partial charge >= 0.3 is 0 Å². The van der Waals surface area contributed by atoms with Crippen LogP contribution in [-0.4, -0.2) is 65.4 Å². The minimum absolute atomic E-state index is 0.121. The number of nitrogens with zero attached hydrogens (tertiary/aromatic N) is 4. The van der Waals surface area contributed by atoms with E-state index in [2.05, 4.69) is 70.8 Å². The van der Waals surface area contributed by atoms with Gasteiger partial charge in [0.1, 0.15) is 30.8 Å². The van der Waals surface area contributed by atoms with E-state index in [-0.39, 0.29) is 53.8 Å². The van der Waals surface area contributed by atoms with Crippen LogP contribution in [0.5, 0.6) is 5.75 Å². The molecule has 3 aromatic carbocycles. The third kappa shape index (κ3) is 8.87. The summed E-state index contributed by atoms with van der Waals surface area (Å²) >= 11 is 0. The van der Waals surface area contributed by atoms with Crippen LogP contribution in [0.2, 0.25) is 0 Å². The Hall–Kier alpha value is -5.89. The van der Waals surface area contributed by atoms with E-state index in [0.717, 1.165) is 42.5 Å². The van der Waals surface area contributed by atoms with Gasteiger partial charge in [-0.1, -0.05) is 50.2 Å². The number of amides is 2. The number of hydrogen-bond acceptors (Lipinski definition) is 9. The molecule has 268 valence electrons. The molecular weight excluding hydrogens is 656 g/mol. The number of benzene rings is 3. The van der Waals surface area contributed by atoms with Gasteiger partial charge in [0.05, 0.1) is 11.3 Å². The first-order valence-corrected chi connectivity index (χ1v) is 17.4. The molecule has 0 radical (unpaired) electrons. The summed E-state index contributed by atoms with van der Waals surface area (Å²) in [7, 11) is 2.99. The van der Waals surface area contributed by atoms with Crippen molar-refractivity contribution in [3.05, 3.63) is 118 Å². The number of rotatable bonds is 16. The van der Waals surface area contributed by atoms with Crippen LogP contribution in [0, 0.1) is 17.2 Å². The first kappa shape index (κ1) is 37.4. The summed E-state index contributed by atoms with van der Waals surface area (Å²) in [5.74, 6) is 0.532. The van der Waals surface area contributed by atoms with E-state index < -0.39 is 11.9 Å². The van der Waals surface area contributed by atoms with Gasteiger partial charge in [0.25, 0.3) is 5.91 Å². The molecule has 1 saturated carbocycles. The molecule has 1 atom stereocenters. The van der Waals surface area contributed by atoms with Gasteiger partial charge in [-0.05, 0) is 84.7 Å². The van der Waals surface area contributed by atoms with Crippen molar-refractivity contribution in [2.75, 3.05) is 19.4 Å². The van der Waals surface area contributed by atoms with Crippen molar-refractivity contribution in [2.24, 2.45) is 5.92 Å². The topological polar surface area (TPSA) is 154 Å². The number of likely N-dealkylation sites (N-methyl/N-ethyl adjacent to an activating group) is 2. The van der Waals surface area contributed by atoms with Crippen molar-refractivity contribution in [3.8, 4) is 11.8 Å². The Bertz CT molecular complexity index is 1930. The molecule has 5 rings (SSSR count). The standard InChI is InChI=1S/C41H44N6O5/c1-41(2,31-12-15-35(16-13-31)52-26-33-17-18-44-38(24-42)46-33)30-10-7-27(8-11-30)20-28-21-34(22-28)45-32-14-9-29(25-49)36(23-32)40(51)47(4)37(6-5-19-48)39(50)43-3/h7-19,23,25,28,34,37,45H,5-6,20-22,26H2,1-4H3,(H,43,50). The quantitative estimate of drug-likeness (QED) is 0.141. The van der Waals surface area contributed by atoms with E-state index in [1.54, 1.807) is 30.5 Å². The van der Waals surface area contributed by atoms with Gasteiger partial charge in [-0.2, -0.15) is 5.26 Å². The number of nitrogens with one attached hydrogen (secondary N) is 2. The molecule has 1 aliphatic rings. The lowest BCUT2D eigenvalue weighted by Gasteiger charge is -2.37. The van der Waals surface area contributed by atoms with E-state index in [1.165, 1.54) is 30.1 Å². The minimum Gasteiger partial charge on any atom is -0.487 e. The Labute approximate surface area is 304 Å². The fourth-order valence-corrected chi connectivity index (χ4v) is 6.63. The van der Waals surface area contributed by atoms with Gasteiger partial charge in [0.2, 0.25) is 11.7 Å². The highest BCUT2D eigenvalue weighted by molar-refractivity contribution is 6.03. The lowest BCUT2D eigenvalue weighted by molar-refractivity contribution is -0.125. The molecule has 0 saturated heterocycles. The largest absolute Gasteiger partial charge is 0.487 e. The van der Waals surface area contributed by atoms with E-state index in [4.69, 9.17) is 10.00 Å². The number of hydrogen-bond donors (Lipinski definition) is 2. The van der Waals surface area contributed by atoms with Crippen molar-refractivity contribution in [3.63, 3.8) is 0 Å². The average Bonchev–Trinajstić information content (AvgIpc) is 3.16. The molecule has 4 aromatic rings. The van der Waals surface area contributed by atoms with Crippen LogP contribution < -0.4 is 15.4 Å². The molecule has 1 aliphatic carbocycles. The molecule has 1 fully saturated rings. The van der Waals surface area contributed by atoms with Crippen LogP contribution in [-0.2, 0) is 28.0 Å². The zero-order valence-corrected chi connectivity index (χ0v) is 30.0. The number of aldehydes is 2. The summed E-state index contributed by atoms with van der Waals surface area (Å²) in [5.41, 5.74) is 5.26. The number of carbonyl (C=O) groups excluding carboxylic acids is 4. The van der Waals surface area contributed by atoms with E-state index in [9.17, 15) is 19.2 Å². The molecule has 2 N–H and O–H groups in total. The van der Waals surface area contributed by atoms with Crippen molar-refractivity contribution >= 4 is 30.1 Å². The number of nitriles is 1. The molecule has 0 spiro atoms. The van der Waals surface area contributed by atoms with Gasteiger partial charge in [0, 0.05) is 49.4 Å². The van der Waals surface area contributed by atoms with E-state index in [0.29, 0.717) is 17.9 Å². The summed E-state index contributed by atoms with van der Waals surface area (Å²) < 4.78 is 5.88. The monoisotopic (exact) mass is 700 g/mol. The molecule has 2 amide bonds. The van der Waals surface area contributed by atoms with Crippen LogP contribution in [0.25, 0.3) is 0 Å². The first-order valence-electron chi connectivity index (χ1n) is 17.4. The molecule has 0 bridgehead atoms. The molecule has 11 nitrogen and oxygen atoms in total. The molecule has 11 heteroatoms.